The third-order valence-corrected chi connectivity index (χ3v) is 9.69. The van der Waals surface area contributed by atoms with E-state index in [-0.39, 0.29) is 31.1 Å². The van der Waals surface area contributed by atoms with Crippen LogP contribution in [-0.2, 0) is 28.6 Å². The smallest absolute Gasteiger partial charge is 0.306 e. The molecule has 0 rings (SSSR count). The summed E-state index contributed by atoms with van der Waals surface area (Å²) in [7, 11) is 0. The molecule has 47 heavy (non-hydrogen) atoms. The Bertz CT molecular complexity index is 723. The van der Waals surface area contributed by atoms with Crippen LogP contribution in [0.1, 0.15) is 214 Å². The van der Waals surface area contributed by atoms with Gasteiger partial charge in [0.05, 0.1) is 0 Å². The van der Waals surface area contributed by atoms with Crippen molar-refractivity contribution in [3.8, 4) is 0 Å². The van der Waals surface area contributed by atoms with Gasteiger partial charge in [-0.15, -0.1) is 0 Å². The molecule has 0 amide bonds. The van der Waals surface area contributed by atoms with E-state index in [1.165, 1.54) is 103 Å². The molecule has 6 heteroatoms. The fraction of sp³-hybridized carbons (Fsp3) is 0.927. The first-order chi connectivity index (χ1) is 22.8. The van der Waals surface area contributed by atoms with Gasteiger partial charge in [-0.2, -0.15) is 0 Å². The Kier molecular flexibility index (Phi) is 33.1. The molecule has 0 saturated carbocycles. The molecule has 0 aliphatic carbocycles. The second-order valence-electron chi connectivity index (χ2n) is 14.4. The molecule has 0 radical (unpaired) electrons. The molecule has 0 aromatic carbocycles. The topological polar surface area (TPSA) is 78.9 Å². The van der Waals surface area contributed by atoms with E-state index in [1.54, 1.807) is 0 Å². The third-order valence-electron chi connectivity index (χ3n) is 9.69. The highest BCUT2D eigenvalue weighted by molar-refractivity contribution is 5.71. The predicted molar refractivity (Wildman–Crippen MR) is 196 cm³/mol. The van der Waals surface area contributed by atoms with Crippen molar-refractivity contribution in [2.45, 2.75) is 221 Å². The summed E-state index contributed by atoms with van der Waals surface area (Å²) in [5, 5.41) is 0. The molecule has 0 bridgehead atoms. The quantitative estimate of drug-likeness (QED) is 0.0380. The van der Waals surface area contributed by atoms with Crippen LogP contribution in [0, 0.1) is 11.8 Å². The van der Waals surface area contributed by atoms with E-state index < -0.39 is 6.10 Å². The zero-order valence-corrected chi connectivity index (χ0v) is 31.9. The van der Waals surface area contributed by atoms with Crippen molar-refractivity contribution < 1.29 is 28.6 Å². The zero-order chi connectivity index (χ0) is 34.8. The summed E-state index contributed by atoms with van der Waals surface area (Å²) in [6.45, 7) is 11.2. The van der Waals surface area contributed by atoms with Gasteiger partial charge in [-0.1, -0.05) is 176 Å². The molecule has 0 fully saturated rings. The normalized spacial score (nSPS) is 13.2. The zero-order valence-electron chi connectivity index (χ0n) is 31.9. The Morgan fingerprint density at radius 1 is 0.426 bits per heavy atom. The summed E-state index contributed by atoms with van der Waals surface area (Å²) in [5.41, 5.74) is 0. The second kappa shape index (κ2) is 34.3. The summed E-state index contributed by atoms with van der Waals surface area (Å²) in [5.74, 6) is 0.751. The Morgan fingerprint density at radius 2 is 0.745 bits per heavy atom. The van der Waals surface area contributed by atoms with Crippen LogP contribution in [0.15, 0.2) is 0 Å². The van der Waals surface area contributed by atoms with E-state index in [4.69, 9.17) is 14.2 Å². The molecule has 0 aliphatic rings. The molecule has 0 saturated heterocycles. The van der Waals surface area contributed by atoms with Crippen LogP contribution in [0.25, 0.3) is 0 Å². The minimum Gasteiger partial charge on any atom is -0.462 e. The van der Waals surface area contributed by atoms with Gasteiger partial charge in [-0.25, -0.2) is 0 Å². The van der Waals surface area contributed by atoms with Crippen molar-refractivity contribution in [1.82, 2.24) is 0 Å². The van der Waals surface area contributed by atoms with E-state index in [0.717, 1.165) is 69.6 Å². The Balaban J connectivity index is 4.39. The molecule has 0 heterocycles. The largest absolute Gasteiger partial charge is 0.462 e. The first-order valence-electron chi connectivity index (χ1n) is 20.3. The maximum atomic E-state index is 12.6. The lowest BCUT2D eigenvalue weighted by Gasteiger charge is -2.18. The van der Waals surface area contributed by atoms with E-state index in [2.05, 4.69) is 34.6 Å². The minimum absolute atomic E-state index is 0.0673. The number of esters is 3. The molecular weight excluding hydrogens is 588 g/mol. The number of hydrogen-bond acceptors (Lipinski definition) is 6. The van der Waals surface area contributed by atoms with Crippen LogP contribution in [0.5, 0.6) is 0 Å². The summed E-state index contributed by atoms with van der Waals surface area (Å²) >= 11 is 0. The highest BCUT2D eigenvalue weighted by Gasteiger charge is 2.19. The number of carbonyl (C=O) groups excluding carboxylic acids is 3. The van der Waals surface area contributed by atoms with E-state index in [9.17, 15) is 14.4 Å². The maximum absolute atomic E-state index is 12.6. The van der Waals surface area contributed by atoms with E-state index in [1.807, 2.05) is 0 Å². The van der Waals surface area contributed by atoms with Gasteiger partial charge < -0.3 is 14.2 Å². The number of rotatable bonds is 35. The fourth-order valence-corrected chi connectivity index (χ4v) is 5.80. The van der Waals surface area contributed by atoms with Gasteiger partial charge in [0.1, 0.15) is 13.2 Å². The lowest BCUT2D eigenvalue weighted by atomic mass is 10.00. The molecule has 0 spiro atoms. The van der Waals surface area contributed by atoms with Crippen molar-refractivity contribution in [1.29, 1.82) is 0 Å². The fourth-order valence-electron chi connectivity index (χ4n) is 5.80. The van der Waals surface area contributed by atoms with Crippen LogP contribution < -0.4 is 0 Å². The van der Waals surface area contributed by atoms with Crippen molar-refractivity contribution in [3.63, 3.8) is 0 Å². The second-order valence-corrected chi connectivity index (χ2v) is 14.4. The molecule has 0 aromatic heterocycles. The summed E-state index contributed by atoms with van der Waals surface area (Å²) in [4.78, 5) is 37.4. The lowest BCUT2D eigenvalue weighted by molar-refractivity contribution is -0.167. The van der Waals surface area contributed by atoms with Crippen LogP contribution in [-0.4, -0.2) is 37.2 Å². The van der Waals surface area contributed by atoms with Crippen LogP contribution in [0.4, 0.5) is 0 Å². The Labute approximate surface area is 291 Å². The van der Waals surface area contributed by atoms with Crippen LogP contribution in [0.3, 0.4) is 0 Å². The number of unbranched alkanes of at least 4 members (excludes halogenated alkanes) is 18. The first-order valence-corrected chi connectivity index (χ1v) is 20.3. The monoisotopic (exact) mass is 667 g/mol. The van der Waals surface area contributed by atoms with Crippen molar-refractivity contribution in [2.75, 3.05) is 13.2 Å². The average Bonchev–Trinajstić information content (AvgIpc) is 3.07. The molecule has 3 atom stereocenters. The molecule has 6 nitrogen and oxygen atoms in total. The van der Waals surface area contributed by atoms with Crippen LogP contribution in [0.2, 0.25) is 0 Å². The van der Waals surface area contributed by atoms with Gasteiger partial charge in [-0.3, -0.25) is 14.4 Å². The number of ether oxygens (including phenoxy) is 3. The maximum Gasteiger partial charge on any atom is 0.306 e. The van der Waals surface area contributed by atoms with Gasteiger partial charge in [-0.05, 0) is 31.1 Å². The standard InChI is InChI=1S/C41H78O6/c1-6-9-10-11-12-13-14-21-26-31-39(42)45-34-38(47-41(44)33-28-23-18-16-20-25-30-37(5)8-3)35-46-40(43)32-27-22-17-15-19-24-29-36(4)7-2/h36-38H,6-35H2,1-5H3. The first kappa shape index (κ1) is 45.4. The third kappa shape index (κ3) is 32.7. The van der Waals surface area contributed by atoms with Gasteiger partial charge in [0, 0.05) is 19.3 Å². The van der Waals surface area contributed by atoms with Crippen molar-refractivity contribution in [3.05, 3.63) is 0 Å². The summed E-state index contributed by atoms with van der Waals surface area (Å²) < 4.78 is 16.6. The Hall–Kier alpha value is -1.59. The Morgan fingerprint density at radius 3 is 1.11 bits per heavy atom. The molecule has 0 aliphatic heterocycles. The SMILES string of the molecule is CCCCCCCCCCCC(=O)OCC(COC(=O)CCCCCCCCC(C)CC)OC(=O)CCCCCCCCC(C)CC. The summed E-state index contributed by atoms with van der Waals surface area (Å²) in [6, 6.07) is 0. The molecular formula is C41H78O6. The van der Waals surface area contributed by atoms with Gasteiger partial charge in [0.25, 0.3) is 0 Å². The molecule has 3 unspecified atom stereocenters. The van der Waals surface area contributed by atoms with Crippen molar-refractivity contribution >= 4 is 17.9 Å². The molecule has 278 valence electrons. The summed E-state index contributed by atoms with van der Waals surface area (Å²) in [6.07, 6.45) is 29.5. The van der Waals surface area contributed by atoms with Crippen molar-refractivity contribution in [2.24, 2.45) is 11.8 Å². The van der Waals surface area contributed by atoms with E-state index in [0.29, 0.717) is 19.3 Å². The van der Waals surface area contributed by atoms with Gasteiger partial charge in [0.15, 0.2) is 6.10 Å². The molecule has 0 N–H and O–H groups in total. The lowest BCUT2D eigenvalue weighted by Crippen LogP contribution is -2.30. The van der Waals surface area contributed by atoms with Crippen LogP contribution >= 0.6 is 0 Å². The van der Waals surface area contributed by atoms with Gasteiger partial charge >= 0.3 is 17.9 Å². The highest BCUT2D eigenvalue weighted by Crippen LogP contribution is 2.17. The number of carbonyl (C=O) groups is 3. The van der Waals surface area contributed by atoms with E-state index >= 15 is 0 Å². The average molecular weight is 667 g/mol. The highest BCUT2D eigenvalue weighted by atomic mass is 16.6. The molecule has 0 aromatic rings. The van der Waals surface area contributed by atoms with Gasteiger partial charge in [0.2, 0.25) is 0 Å². The number of hydrogen-bond donors (Lipinski definition) is 0. The minimum atomic E-state index is -0.760. The predicted octanol–water partition coefficient (Wildman–Crippen LogP) is 12.2.